The third-order valence-electron chi connectivity index (χ3n) is 2.94. The average molecular weight is 300 g/mol. The fourth-order valence-corrected chi connectivity index (χ4v) is 4.78. The van der Waals surface area contributed by atoms with Gasteiger partial charge < -0.3 is 4.80 Å². The zero-order chi connectivity index (χ0) is 14.4. The van der Waals surface area contributed by atoms with E-state index in [2.05, 4.69) is 72.6 Å². The molecular formula is C17H21OPSi. The van der Waals surface area contributed by atoms with Gasteiger partial charge in [0.05, 0.1) is 0 Å². The molecule has 1 N–H and O–H groups in total. The van der Waals surface area contributed by atoms with Crippen molar-refractivity contribution in [3.63, 3.8) is 0 Å². The van der Waals surface area contributed by atoms with Crippen LogP contribution in [0.3, 0.4) is 0 Å². The third-order valence-corrected chi connectivity index (χ3v) is 6.39. The molecule has 0 atom stereocenters. The number of rotatable bonds is 5. The van der Waals surface area contributed by atoms with E-state index in [-0.39, 0.29) is 0 Å². The van der Waals surface area contributed by atoms with E-state index in [1.54, 1.807) is 0 Å². The van der Waals surface area contributed by atoms with Crippen LogP contribution in [0.4, 0.5) is 0 Å². The summed E-state index contributed by atoms with van der Waals surface area (Å²) in [7, 11) is -2.48. The molecule has 0 spiro atoms. The molecular weight excluding hydrogens is 279 g/mol. The van der Waals surface area contributed by atoms with Crippen molar-refractivity contribution in [3.8, 4) is 0 Å². The molecule has 104 valence electrons. The van der Waals surface area contributed by atoms with Crippen molar-refractivity contribution < 1.29 is 4.80 Å². The second-order valence-electron chi connectivity index (χ2n) is 5.44. The van der Waals surface area contributed by atoms with Crippen LogP contribution in [0.25, 0.3) is 0 Å². The van der Waals surface area contributed by atoms with Crippen molar-refractivity contribution in [1.82, 2.24) is 0 Å². The predicted molar refractivity (Wildman–Crippen MR) is 92.7 cm³/mol. The highest BCUT2D eigenvalue weighted by atomic mass is 31.1. The first-order valence-electron chi connectivity index (χ1n) is 6.85. The Morgan fingerprint density at radius 2 is 1.35 bits per heavy atom. The quantitative estimate of drug-likeness (QED) is 0.657. The molecule has 0 aliphatic rings. The Kier molecular flexibility index (Phi) is 5.30. The van der Waals surface area contributed by atoms with Crippen LogP contribution in [-0.2, 0) is 0 Å². The lowest BCUT2D eigenvalue weighted by Crippen LogP contribution is -2.23. The zero-order valence-electron chi connectivity index (χ0n) is 12.0. The summed E-state index contributed by atoms with van der Waals surface area (Å²) in [5.41, 5.74) is 0. The van der Waals surface area contributed by atoms with Crippen LogP contribution in [0, 0.1) is 0 Å². The highest BCUT2D eigenvalue weighted by molar-refractivity contribution is 7.75. The Bertz CT molecular complexity index is 507. The normalized spacial score (nSPS) is 12.2. The lowest BCUT2D eigenvalue weighted by Gasteiger charge is -2.15. The summed E-state index contributed by atoms with van der Waals surface area (Å²) >= 11 is 0. The van der Waals surface area contributed by atoms with Gasteiger partial charge in [-0.15, -0.1) is 0 Å². The molecule has 2 rings (SSSR count). The second-order valence-corrected chi connectivity index (χ2v) is 11.5. The molecule has 0 amide bonds. The molecule has 0 aliphatic heterocycles. The van der Waals surface area contributed by atoms with Crippen LogP contribution in [0.5, 0.6) is 0 Å². The summed E-state index contributed by atoms with van der Waals surface area (Å²) in [6, 6.07) is 22.0. The first kappa shape index (κ1) is 15.2. The van der Waals surface area contributed by atoms with E-state index in [0.717, 1.165) is 6.04 Å². The maximum atomic E-state index is 9.97. The van der Waals surface area contributed by atoms with E-state index in [1.165, 1.54) is 10.6 Å². The lowest BCUT2D eigenvalue weighted by atomic mass is 10.4. The minimum Gasteiger partial charge on any atom is -0.432 e. The number of allylic oxidation sites excluding steroid dienone is 1. The Morgan fingerprint density at radius 3 is 1.75 bits per heavy atom. The summed E-state index contributed by atoms with van der Waals surface area (Å²) in [4.78, 5) is 9.97. The number of hydrogen-bond acceptors (Lipinski definition) is 1. The van der Waals surface area contributed by atoms with Crippen LogP contribution in [0.2, 0.25) is 19.1 Å². The molecule has 2 aromatic rings. The van der Waals surface area contributed by atoms with Gasteiger partial charge in [0.15, 0.2) is 8.32 Å². The van der Waals surface area contributed by atoms with Crippen molar-refractivity contribution >= 4 is 26.8 Å². The van der Waals surface area contributed by atoms with Gasteiger partial charge in [0.25, 0.3) is 0 Å². The first-order valence-corrected chi connectivity index (χ1v) is 11.4. The average Bonchev–Trinajstić information content (AvgIpc) is 2.44. The van der Waals surface area contributed by atoms with Gasteiger partial charge in [0.1, 0.15) is 0 Å². The fourth-order valence-electron chi connectivity index (χ4n) is 1.94. The van der Waals surface area contributed by atoms with Gasteiger partial charge in [-0.3, -0.25) is 0 Å². The van der Waals surface area contributed by atoms with Gasteiger partial charge in [0, 0.05) is 0 Å². The molecule has 1 nitrogen and oxygen atoms in total. The molecule has 0 heterocycles. The van der Waals surface area contributed by atoms with E-state index in [4.69, 9.17) is 0 Å². The van der Waals surface area contributed by atoms with Crippen LogP contribution >= 0.6 is 7.92 Å². The smallest absolute Gasteiger partial charge is 0.186 e. The zero-order valence-corrected chi connectivity index (χ0v) is 13.9. The molecule has 0 aromatic heterocycles. The SMILES string of the molecule is C[Si](C)(O)CC=CP(c1ccccc1)c1ccccc1. The van der Waals surface area contributed by atoms with Gasteiger partial charge in [0.2, 0.25) is 0 Å². The third kappa shape index (κ3) is 4.72. The Hall–Kier alpha value is -1.21. The van der Waals surface area contributed by atoms with Crippen LogP contribution in [0.1, 0.15) is 0 Å². The van der Waals surface area contributed by atoms with E-state index in [0.29, 0.717) is 0 Å². The summed E-state index contributed by atoms with van der Waals surface area (Å²) in [5, 5.41) is 2.70. The van der Waals surface area contributed by atoms with E-state index >= 15 is 0 Å². The molecule has 3 heteroatoms. The summed E-state index contributed by atoms with van der Waals surface area (Å²) in [6.07, 6.45) is 2.16. The van der Waals surface area contributed by atoms with E-state index < -0.39 is 16.2 Å². The summed E-state index contributed by atoms with van der Waals surface area (Å²) in [6.45, 7) is 3.95. The monoisotopic (exact) mass is 300 g/mol. The van der Waals surface area contributed by atoms with Crippen molar-refractivity contribution in [2.45, 2.75) is 19.1 Å². The highest BCUT2D eigenvalue weighted by Crippen LogP contribution is 2.35. The minimum absolute atomic E-state index is 0.473. The maximum Gasteiger partial charge on any atom is 0.186 e. The Balaban J connectivity index is 2.26. The second kappa shape index (κ2) is 6.99. The Morgan fingerprint density at radius 1 is 0.900 bits per heavy atom. The van der Waals surface area contributed by atoms with Gasteiger partial charge in [-0.2, -0.15) is 0 Å². The molecule has 0 aliphatic carbocycles. The van der Waals surface area contributed by atoms with Crippen molar-refractivity contribution in [1.29, 1.82) is 0 Å². The highest BCUT2D eigenvalue weighted by Gasteiger charge is 2.15. The number of benzene rings is 2. The summed E-state index contributed by atoms with van der Waals surface area (Å²) in [5.74, 6) is 2.28. The van der Waals surface area contributed by atoms with Crippen molar-refractivity contribution in [2.24, 2.45) is 0 Å². The predicted octanol–water partition coefficient (Wildman–Crippen LogP) is 3.83. The van der Waals surface area contributed by atoms with Gasteiger partial charge in [-0.05, 0) is 37.7 Å². The molecule has 0 fully saturated rings. The van der Waals surface area contributed by atoms with Crippen molar-refractivity contribution in [2.75, 3.05) is 0 Å². The van der Waals surface area contributed by atoms with E-state index in [9.17, 15) is 4.80 Å². The minimum atomic E-state index is -2.00. The molecule has 20 heavy (non-hydrogen) atoms. The van der Waals surface area contributed by atoms with Crippen LogP contribution in [-0.4, -0.2) is 13.1 Å². The lowest BCUT2D eigenvalue weighted by molar-refractivity contribution is 0.555. The topological polar surface area (TPSA) is 20.2 Å². The molecule has 2 aromatic carbocycles. The van der Waals surface area contributed by atoms with Crippen LogP contribution < -0.4 is 10.6 Å². The molecule has 0 radical (unpaired) electrons. The van der Waals surface area contributed by atoms with E-state index in [1.807, 2.05) is 13.1 Å². The molecule has 0 bridgehead atoms. The Labute approximate surface area is 123 Å². The maximum absolute atomic E-state index is 9.97. The van der Waals surface area contributed by atoms with Crippen LogP contribution in [0.15, 0.2) is 72.6 Å². The first-order chi connectivity index (χ1) is 9.56. The fraction of sp³-hybridized carbons (Fsp3) is 0.176. The van der Waals surface area contributed by atoms with Gasteiger partial charge in [-0.1, -0.05) is 72.6 Å². The van der Waals surface area contributed by atoms with Gasteiger partial charge >= 0.3 is 0 Å². The molecule has 0 unspecified atom stereocenters. The standard InChI is InChI=1S/C17H21OPSi/c1-20(2,18)15-9-14-19(16-10-5-3-6-11-16)17-12-7-4-8-13-17/h3-14,18H,15H2,1-2H3. The largest absolute Gasteiger partial charge is 0.432 e. The summed E-state index contributed by atoms with van der Waals surface area (Å²) < 4.78 is 0. The molecule has 0 saturated carbocycles. The van der Waals surface area contributed by atoms with Crippen molar-refractivity contribution in [3.05, 3.63) is 72.6 Å². The van der Waals surface area contributed by atoms with Gasteiger partial charge in [-0.25, -0.2) is 0 Å². The number of hydrogen-bond donors (Lipinski definition) is 1. The molecule has 0 saturated heterocycles.